The van der Waals surface area contributed by atoms with Crippen LogP contribution in [0.3, 0.4) is 0 Å². The van der Waals surface area contributed by atoms with Crippen molar-refractivity contribution in [2.24, 2.45) is 0 Å². The van der Waals surface area contributed by atoms with Gasteiger partial charge in [0.2, 0.25) is 5.91 Å². The molecule has 2 aromatic carbocycles. The summed E-state index contributed by atoms with van der Waals surface area (Å²) in [6, 6.07) is 16.6. The highest BCUT2D eigenvalue weighted by atomic mass is 79.9. The number of aryl methyl sites for hydroxylation is 1. The first-order valence-electron chi connectivity index (χ1n) is 8.32. The Morgan fingerprint density at radius 2 is 1.79 bits per heavy atom. The fourth-order valence-corrected chi connectivity index (χ4v) is 2.76. The predicted octanol–water partition coefficient (Wildman–Crippen LogP) is 4.54. The molecule has 0 bridgehead atoms. The van der Waals surface area contributed by atoms with E-state index in [4.69, 9.17) is 0 Å². The zero-order chi connectivity index (χ0) is 17.4. The molecule has 0 unspecified atom stereocenters. The van der Waals surface area contributed by atoms with Crippen LogP contribution in [0.25, 0.3) is 0 Å². The molecule has 0 aromatic heterocycles. The number of nitrogens with one attached hydrogen (secondary N) is 1. The van der Waals surface area contributed by atoms with Crippen LogP contribution in [0.5, 0.6) is 0 Å². The molecule has 1 N–H and O–H groups in total. The number of rotatable bonds is 8. The SMILES string of the molecule is CN(C)c1cccc(CNC(=O)CCCCc2ccc(Br)cc2)c1. The Kier molecular flexibility index (Phi) is 7.32. The average Bonchev–Trinajstić information content (AvgIpc) is 2.58. The summed E-state index contributed by atoms with van der Waals surface area (Å²) < 4.78 is 1.10. The second-order valence-corrected chi connectivity index (χ2v) is 7.09. The molecular formula is C20H25BrN2O. The monoisotopic (exact) mass is 388 g/mol. The van der Waals surface area contributed by atoms with Crippen molar-refractivity contribution in [3.05, 3.63) is 64.1 Å². The number of nitrogens with zero attached hydrogens (tertiary/aromatic N) is 1. The van der Waals surface area contributed by atoms with Crippen LogP contribution in [0.4, 0.5) is 5.69 Å². The average molecular weight is 389 g/mol. The van der Waals surface area contributed by atoms with Crippen LogP contribution in [0.1, 0.15) is 30.4 Å². The lowest BCUT2D eigenvalue weighted by atomic mass is 10.1. The van der Waals surface area contributed by atoms with E-state index < -0.39 is 0 Å². The molecule has 0 aliphatic heterocycles. The number of unbranched alkanes of at least 4 members (excludes halogenated alkanes) is 1. The van der Waals surface area contributed by atoms with Crippen LogP contribution in [-0.4, -0.2) is 20.0 Å². The quantitative estimate of drug-likeness (QED) is 0.672. The van der Waals surface area contributed by atoms with Gasteiger partial charge in [-0.2, -0.15) is 0 Å². The molecule has 128 valence electrons. The van der Waals surface area contributed by atoms with Crippen molar-refractivity contribution in [1.82, 2.24) is 5.32 Å². The Morgan fingerprint density at radius 3 is 2.50 bits per heavy atom. The van der Waals surface area contributed by atoms with E-state index in [2.05, 4.69) is 62.5 Å². The summed E-state index contributed by atoms with van der Waals surface area (Å²) in [5, 5.41) is 3.01. The van der Waals surface area contributed by atoms with Crippen molar-refractivity contribution in [1.29, 1.82) is 0 Å². The van der Waals surface area contributed by atoms with Crippen molar-refractivity contribution in [2.45, 2.75) is 32.2 Å². The van der Waals surface area contributed by atoms with Crippen LogP contribution < -0.4 is 10.2 Å². The number of halogens is 1. The Bertz CT molecular complexity index is 653. The maximum absolute atomic E-state index is 12.0. The number of hydrogen-bond donors (Lipinski definition) is 1. The summed E-state index contributed by atoms with van der Waals surface area (Å²) in [6.45, 7) is 0.591. The number of amides is 1. The van der Waals surface area contributed by atoms with Gasteiger partial charge in [0.1, 0.15) is 0 Å². The van der Waals surface area contributed by atoms with Crippen LogP contribution in [0.2, 0.25) is 0 Å². The Balaban J connectivity index is 1.66. The lowest BCUT2D eigenvalue weighted by Crippen LogP contribution is -2.22. The van der Waals surface area contributed by atoms with Crippen molar-refractivity contribution >= 4 is 27.5 Å². The molecule has 2 rings (SSSR count). The first-order chi connectivity index (χ1) is 11.5. The molecule has 0 saturated carbocycles. The summed E-state index contributed by atoms with van der Waals surface area (Å²) >= 11 is 3.44. The fraction of sp³-hybridized carbons (Fsp3) is 0.350. The van der Waals surface area contributed by atoms with Gasteiger partial charge in [-0.05, 0) is 54.7 Å². The normalized spacial score (nSPS) is 10.5. The second kappa shape index (κ2) is 9.48. The van der Waals surface area contributed by atoms with Gasteiger partial charge >= 0.3 is 0 Å². The van der Waals surface area contributed by atoms with Gasteiger partial charge in [0.15, 0.2) is 0 Å². The van der Waals surface area contributed by atoms with Gasteiger partial charge in [0.05, 0.1) is 0 Å². The smallest absolute Gasteiger partial charge is 0.220 e. The maximum Gasteiger partial charge on any atom is 0.220 e. The molecule has 24 heavy (non-hydrogen) atoms. The van der Waals surface area contributed by atoms with Crippen LogP contribution in [-0.2, 0) is 17.8 Å². The molecule has 0 aliphatic carbocycles. The molecule has 1 amide bonds. The third kappa shape index (κ3) is 6.36. The minimum atomic E-state index is 0.126. The van der Waals surface area contributed by atoms with Gasteiger partial charge in [0.25, 0.3) is 0 Å². The van der Waals surface area contributed by atoms with E-state index in [0.29, 0.717) is 13.0 Å². The summed E-state index contributed by atoms with van der Waals surface area (Å²) in [6.07, 6.45) is 3.56. The van der Waals surface area contributed by atoms with Crippen molar-refractivity contribution in [3.8, 4) is 0 Å². The van der Waals surface area contributed by atoms with Gasteiger partial charge in [-0.3, -0.25) is 4.79 Å². The van der Waals surface area contributed by atoms with Crippen molar-refractivity contribution < 1.29 is 4.79 Å². The molecule has 2 aromatic rings. The van der Waals surface area contributed by atoms with Gasteiger partial charge in [0, 0.05) is 37.2 Å². The van der Waals surface area contributed by atoms with E-state index in [0.717, 1.165) is 35.0 Å². The van der Waals surface area contributed by atoms with Gasteiger partial charge < -0.3 is 10.2 Å². The van der Waals surface area contributed by atoms with Crippen molar-refractivity contribution in [2.75, 3.05) is 19.0 Å². The molecule has 0 heterocycles. The lowest BCUT2D eigenvalue weighted by molar-refractivity contribution is -0.121. The minimum Gasteiger partial charge on any atom is -0.378 e. The Labute approximate surface area is 153 Å². The van der Waals surface area contributed by atoms with E-state index in [-0.39, 0.29) is 5.91 Å². The van der Waals surface area contributed by atoms with Gasteiger partial charge in [-0.1, -0.05) is 40.2 Å². The molecule has 4 heteroatoms. The first kappa shape index (κ1) is 18.5. The number of hydrogen-bond acceptors (Lipinski definition) is 2. The summed E-state index contributed by atoms with van der Waals surface area (Å²) in [5.74, 6) is 0.126. The van der Waals surface area contributed by atoms with Crippen LogP contribution in [0.15, 0.2) is 53.0 Å². The topological polar surface area (TPSA) is 32.3 Å². The largest absolute Gasteiger partial charge is 0.378 e. The van der Waals surface area contributed by atoms with Gasteiger partial charge in [-0.25, -0.2) is 0 Å². The lowest BCUT2D eigenvalue weighted by Gasteiger charge is -2.13. The zero-order valence-electron chi connectivity index (χ0n) is 14.4. The molecule has 0 saturated heterocycles. The van der Waals surface area contributed by atoms with E-state index >= 15 is 0 Å². The van der Waals surface area contributed by atoms with Crippen LogP contribution >= 0.6 is 15.9 Å². The summed E-state index contributed by atoms with van der Waals surface area (Å²) in [5.41, 5.74) is 3.60. The molecule has 3 nitrogen and oxygen atoms in total. The molecular weight excluding hydrogens is 364 g/mol. The second-order valence-electron chi connectivity index (χ2n) is 6.17. The highest BCUT2D eigenvalue weighted by Gasteiger charge is 2.03. The summed E-state index contributed by atoms with van der Waals surface area (Å²) in [7, 11) is 4.03. The first-order valence-corrected chi connectivity index (χ1v) is 9.11. The van der Waals surface area contributed by atoms with E-state index in [1.54, 1.807) is 0 Å². The molecule has 0 aliphatic rings. The number of benzene rings is 2. The molecule has 0 radical (unpaired) electrons. The van der Waals surface area contributed by atoms with E-state index in [1.807, 2.05) is 26.2 Å². The predicted molar refractivity (Wildman–Crippen MR) is 104 cm³/mol. The third-order valence-electron chi connectivity index (χ3n) is 3.95. The maximum atomic E-state index is 12.0. The van der Waals surface area contributed by atoms with E-state index in [1.165, 1.54) is 5.56 Å². The van der Waals surface area contributed by atoms with Crippen LogP contribution in [0, 0.1) is 0 Å². The highest BCUT2D eigenvalue weighted by Crippen LogP contribution is 2.14. The third-order valence-corrected chi connectivity index (χ3v) is 4.48. The summed E-state index contributed by atoms with van der Waals surface area (Å²) in [4.78, 5) is 14.0. The zero-order valence-corrected chi connectivity index (χ0v) is 16.0. The molecule has 0 spiro atoms. The standard InChI is InChI=1S/C20H25BrN2O/c1-23(2)19-8-5-7-17(14-19)15-22-20(24)9-4-3-6-16-10-12-18(21)13-11-16/h5,7-8,10-14H,3-4,6,9,15H2,1-2H3,(H,22,24). The highest BCUT2D eigenvalue weighted by molar-refractivity contribution is 9.10. The molecule has 0 atom stereocenters. The molecule has 0 fully saturated rings. The number of carbonyl (C=O) groups is 1. The van der Waals surface area contributed by atoms with Gasteiger partial charge in [-0.15, -0.1) is 0 Å². The Morgan fingerprint density at radius 1 is 1.04 bits per heavy atom. The number of anilines is 1. The minimum absolute atomic E-state index is 0.126. The van der Waals surface area contributed by atoms with E-state index in [9.17, 15) is 4.79 Å². The number of carbonyl (C=O) groups excluding carboxylic acids is 1. The fourth-order valence-electron chi connectivity index (χ4n) is 2.50. The van der Waals surface area contributed by atoms with Crippen molar-refractivity contribution in [3.63, 3.8) is 0 Å². The Hall–Kier alpha value is -1.81.